The van der Waals surface area contributed by atoms with E-state index in [0.717, 1.165) is 30.7 Å². The lowest BCUT2D eigenvalue weighted by Crippen LogP contribution is -2.48. The van der Waals surface area contributed by atoms with Crippen LogP contribution in [-0.4, -0.2) is 47.1 Å². The normalized spacial score (nSPS) is 23.0. The summed E-state index contributed by atoms with van der Waals surface area (Å²) < 4.78 is 5.42. The molecule has 0 spiro atoms. The Balaban J connectivity index is 1.61. The molecule has 7 heteroatoms. The maximum absolute atomic E-state index is 13.6. The van der Waals surface area contributed by atoms with Gasteiger partial charge in [0.1, 0.15) is 11.8 Å². The average molecular weight is 426 g/mol. The van der Waals surface area contributed by atoms with E-state index in [4.69, 9.17) is 4.74 Å². The number of amides is 2. The number of hydrogen-bond acceptors (Lipinski definition) is 5. The Labute approximate surface area is 181 Å². The van der Waals surface area contributed by atoms with E-state index in [2.05, 4.69) is 10.3 Å². The van der Waals surface area contributed by atoms with Gasteiger partial charge < -0.3 is 15.0 Å². The molecule has 30 heavy (non-hydrogen) atoms. The minimum atomic E-state index is -0.490. The lowest BCUT2D eigenvalue weighted by atomic mass is 9.84. The zero-order valence-corrected chi connectivity index (χ0v) is 18.2. The van der Waals surface area contributed by atoms with Crippen LogP contribution >= 0.6 is 11.8 Å². The number of benzene rings is 1. The van der Waals surface area contributed by atoms with Gasteiger partial charge in [-0.15, -0.1) is 11.8 Å². The molecule has 1 aliphatic carbocycles. The first-order chi connectivity index (χ1) is 14.6. The largest absolute Gasteiger partial charge is 0.496 e. The smallest absolute Gasteiger partial charge is 0.258 e. The summed E-state index contributed by atoms with van der Waals surface area (Å²) in [7, 11) is 1.56. The second kappa shape index (κ2) is 9.08. The predicted molar refractivity (Wildman–Crippen MR) is 118 cm³/mol. The van der Waals surface area contributed by atoms with Crippen LogP contribution in [0.2, 0.25) is 0 Å². The zero-order valence-electron chi connectivity index (χ0n) is 17.3. The fraction of sp³-hybridized carbons (Fsp3) is 0.435. The van der Waals surface area contributed by atoms with Crippen molar-refractivity contribution in [2.24, 2.45) is 5.92 Å². The Kier molecular flexibility index (Phi) is 6.27. The van der Waals surface area contributed by atoms with Crippen molar-refractivity contribution in [1.29, 1.82) is 0 Å². The van der Waals surface area contributed by atoms with Crippen molar-refractivity contribution < 1.29 is 14.3 Å². The second-order valence-electron chi connectivity index (χ2n) is 7.85. The molecule has 1 aromatic heterocycles. The van der Waals surface area contributed by atoms with Gasteiger partial charge in [-0.1, -0.05) is 25.0 Å². The van der Waals surface area contributed by atoms with Crippen LogP contribution in [0.3, 0.4) is 0 Å². The van der Waals surface area contributed by atoms with E-state index in [-0.39, 0.29) is 17.9 Å². The van der Waals surface area contributed by atoms with Crippen molar-refractivity contribution in [2.45, 2.75) is 49.2 Å². The number of aromatic nitrogens is 1. The number of pyridine rings is 1. The van der Waals surface area contributed by atoms with Crippen LogP contribution in [0.1, 0.15) is 42.5 Å². The van der Waals surface area contributed by atoms with E-state index in [9.17, 15) is 9.59 Å². The molecule has 2 amide bonds. The minimum Gasteiger partial charge on any atom is -0.496 e. The molecule has 1 aromatic carbocycles. The number of hydrogen-bond donors (Lipinski definition) is 1. The third-order valence-corrected chi connectivity index (χ3v) is 6.84. The summed E-state index contributed by atoms with van der Waals surface area (Å²) in [5.74, 6) is 0.632. The summed E-state index contributed by atoms with van der Waals surface area (Å²) in [4.78, 5) is 33.0. The molecule has 1 N–H and O–H groups in total. The second-order valence-corrected chi connectivity index (χ2v) is 8.68. The third-order valence-electron chi connectivity index (χ3n) is 6.18. The van der Waals surface area contributed by atoms with E-state index in [0.29, 0.717) is 29.3 Å². The fourth-order valence-electron chi connectivity index (χ4n) is 4.75. The molecule has 6 nitrogen and oxygen atoms in total. The van der Waals surface area contributed by atoms with Crippen LogP contribution < -0.4 is 10.1 Å². The topological polar surface area (TPSA) is 71.5 Å². The Morgan fingerprint density at radius 1 is 1.17 bits per heavy atom. The van der Waals surface area contributed by atoms with Crippen LogP contribution in [0.5, 0.6) is 5.75 Å². The lowest BCUT2D eigenvalue weighted by molar-refractivity contribution is -0.120. The van der Waals surface area contributed by atoms with Gasteiger partial charge in [0.05, 0.1) is 29.6 Å². The molecule has 2 aromatic rings. The summed E-state index contributed by atoms with van der Waals surface area (Å²) in [6, 6.07) is 10.6. The van der Waals surface area contributed by atoms with Crippen LogP contribution in [0.4, 0.5) is 5.69 Å². The molecule has 4 rings (SSSR count). The van der Waals surface area contributed by atoms with E-state index in [1.165, 1.54) is 0 Å². The first kappa shape index (κ1) is 20.7. The number of ether oxygens (including phenoxy) is 1. The summed E-state index contributed by atoms with van der Waals surface area (Å²) in [5.41, 5.74) is 1.16. The number of likely N-dealkylation sites (tertiary alicyclic amines) is 1. The quantitative estimate of drug-likeness (QED) is 0.726. The molecule has 0 bridgehead atoms. The molecule has 3 atom stereocenters. The van der Waals surface area contributed by atoms with Crippen LogP contribution in [0.15, 0.2) is 47.6 Å². The van der Waals surface area contributed by atoms with E-state index < -0.39 is 6.04 Å². The number of nitrogens with one attached hydrogen (secondary N) is 1. The number of carbonyl (C=O) groups is 2. The first-order valence-corrected chi connectivity index (χ1v) is 11.6. The van der Waals surface area contributed by atoms with Gasteiger partial charge in [-0.3, -0.25) is 9.59 Å². The summed E-state index contributed by atoms with van der Waals surface area (Å²) >= 11 is 1.55. The number of carbonyl (C=O) groups excluding carboxylic acids is 2. The van der Waals surface area contributed by atoms with Gasteiger partial charge in [0.25, 0.3) is 5.91 Å². The Bertz CT molecular complexity index is 918. The monoisotopic (exact) mass is 425 g/mol. The standard InChI is InChI=1S/C23H27N3O3S/c1-29-20-10-6-4-8-17(20)23(28)26-18-9-5-3-7-15(18)13-19(26)22(27)25-16-11-12-21(30-2)24-14-16/h4,6,8,10-12,14-15,18-19H,3,5,7,9,13H2,1-2H3,(H,25,27). The Morgan fingerprint density at radius 2 is 1.97 bits per heavy atom. The molecule has 2 fully saturated rings. The van der Waals surface area contributed by atoms with Crippen molar-refractivity contribution in [3.63, 3.8) is 0 Å². The maximum Gasteiger partial charge on any atom is 0.258 e. The molecular weight excluding hydrogens is 398 g/mol. The minimum absolute atomic E-state index is 0.101. The highest BCUT2D eigenvalue weighted by molar-refractivity contribution is 7.98. The van der Waals surface area contributed by atoms with Crippen LogP contribution in [0.25, 0.3) is 0 Å². The Morgan fingerprint density at radius 3 is 2.70 bits per heavy atom. The molecule has 158 valence electrons. The fourth-order valence-corrected chi connectivity index (χ4v) is 5.11. The maximum atomic E-state index is 13.6. The summed E-state index contributed by atoms with van der Waals surface area (Å²) in [6.45, 7) is 0. The van der Waals surface area contributed by atoms with Gasteiger partial charge in [-0.2, -0.15) is 0 Å². The third kappa shape index (κ3) is 4.03. The Hall–Kier alpha value is -2.54. The molecule has 3 unspecified atom stereocenters. The van der Waals surface area contributed by atoms with Crippen LogP contribution in [-0.2, 0) is 4.79 Å². The van der Waals surface area contributed by atoms with Gasteiger partial charge in [0.2, 0.25) is 5.91 Å². The molecule has 2 aliphatic rings. The van der Waals surface area contributed by atoms with Crippen molar-refractivity contribution >= 4 is 29.3 Å². The van der Waals surface area contributed by atoms with E-state index >= 15 is 0 Å². The molecule has 1 saturated heterocycles. The van der Waals surface area contributed by atoms with Crippen molar-refractivity contribution in [3.8, 4) is 5.75 Å². The zero-order chi connectivity index (χ0) is 21.1. The highest BCUT2D eigenvalue weighted by Crippen LogP contribution is 2.41. The molecule has 0 radical (unpaired) electrons. The predicted octanol–water partition coefficient (Wildman–Crippen LogP) is 4.22. The summed E-state index contributed by atoms with van der Waals surface area (Å²) in [6.07, 6.45) is 8.58. The number of thioether (sulfide) groups is 1. The van der Waals surface area contributed by atoms with Gasteiger partial charge >= 0.3 is 0 Å². The molecule has 2 heterocycles. The van der Waals surface area contributed by atoms with Gasteiger partial charge in [0, 0.05) is 6.04 Å². The highest BCUT2D eigenvalue weighted by atomic mass is 32.2. The van der Waals surface area contributed by atoms with Crippen LogP contribution in [0, 0.1) is 5.92 Å². The molecule has 1 aliphatic heterocycles. The highest BCUT2D eigenvalue weighted by Gasteiger charge is 2.48. The number of nitrogens with zero attached hydrogens (tertiary/aromatic N) is 2. The number of methoxy groups -OCH3 is 1. The van der Waals surface area contributed by atoms with Crippen molar-refractivity contribution in [3.05, 3.63) is 48.2 Å². The van der Waals surface area contributed by atoms with Crippen molar-refractivity contribution in [1.82, 2.24) is 9.88 Å². The number of fused-ring (bicyclic) bond motifs is 1. The summed E-state index contributed by atoms with van der Waals surface area (Å²) in [5, 5.41) is 3.87. The number of rotatable bonds is 5. The molecular formula is C23H27N3O3S. The number of para-hydroxylation sites is 1. The van der Waals surface area contributed by atoms with Gasteiger partial charge in [-0.25, -0.2) is 4.98 Å². The molecule has 1 saturated carbocycles. The van der Waals surface area contributed by atoms with E-state index in [1.54, 1.807) is 37.2 Å². The van der Waals surface area contributed by atoms with Crippen molar-refractivity contribution in [2.75, 3.05) is 18.7 Å². The lowest BCUT2D eigenvalue weighted by Gasteiger charge is -2.34. The van der Waals surface area contributed by atoms with Gasteiger partial charge in [-0.05, 0) is 55.7 Å². The average Bonchev–Trinajstić information content (AvgIpc) is 3.19. The number of anilines is 1. The van der Waals surface area contributed by atoms with E-state index in [1.807, 2.05) is 35.4 Å². The first-order valence-electron chi connectivity index (χ1n) is 10.4. The van der Waals surface area contributed by atoms with Gasteiger partial charge in [0.15, 0.2) is 0 Å². The SMILES string of the molecule is COc1ccccc1C(=O)N1C(C(=O)Nc2ccc(SC)nc2)CC2CCCCC21.